The van der Waals surface area contributed by atoms with Crippen molar-refractivity contribution in [1.29, 1.82) is 0 Å². The molecule has 0 amide bonds. The molecule has 29 heavy (non-hydrogen) atoms. The van der Waals surface area contributed by atoms with Crippen molar-refractivity contribution in [2.45, 2.75) is 37.7 Å². The number of carbonyl (C=O) groups is 2. The lowest BCUT2D eigenvalue weighted by Gasteiger charge is -2.24. The molecule has 2 rings (SSSR count). The Labute approximate surface area is 175 Å². The Morgan fingerprint density at radius 3 is 2.41 bits per heavy atom. The zero-order valence-corrected chi connectivity index (χ0v) is 17.8. The Morgan fingerprint density at radius 2 is 1.83 bits per heavy atom. The molecule has 0 spiro atoms. The number of benzene rings is 2. The summed E-state index contributed by atoms with van der Waals surface area (Å²) in [5.41, 5.74) is -0.209. The maximum atomic E-state index is 14.4. The minimum atomic E-state index is -1.22. The highest BCUT2D eigenvalue weighted by molar-refractivity contribution is 7.98. The Hall–Kier alpha value is -2.60. The van der Waals surface area contributed by atoms with Gasteiger partial charge in [0.25, 0.3) is 0 Å². The van der Waals surface area contributed by atoms with Gasteiger partial charge in [-0.05, 0) is 75.4 Å². The van der Waals surface area contributed by atoms with Crippen molar-refractivity contribution in [1.82, 2.24) is 0 Å². The predicted octanol–water partition coefficient (Wildman–Crippen LogP) is 5.25. The Balaban J connectivity index is 2.00. The summed E-state index contributed by atoms with van der Waals surface area (Å²) in [5, 5.41) is 0. The molecular formula is C23H25FO4S. The fourth-order valence-electron chi connectivity index (χ4n) is 2.54. The van der Waals surface area contributed by atoms with Crippen LogP contribution in [0.4, 0.5) is 4.39 Å². The maximum Gasteiger partial charge on any atom is 0.349 e. The lowest BCUT2D eigenvalue weighted by atomic mass is 10.1. The summed E-state index contributed by atoms with van der Waals surface area (Å²) in [6.07, 6.45) is 5.32. The van der Waals surface area contributed by atoms with Crippen molar-refractivity contribution in [2.24, 2.45) is 0 Å². The second-order valence-corrected chi connectivity index (χ2v) is 7.66. The van der Waals surface area contributed by atoms with Crippen LogP contribution in [0.1, 0.15) is 36.7 Å². The van der Waals surface area contributed by atoms with E-state index in [1.54, 1.807) is 62.9 Å². The van der Waals surface area contributed by atoms with Crippen molar-refractivity contribution in [3.63, 3.8) is 0 Å². The first-order chi connectivity index (χ1) is 13.8. The minimum Gasteiger partial charge on any atom is -0.476 e. The van der Waals surface area contributed by atoms with Crippen LogP contribution in [-0.2, 0) is 16.0 Å². The Kier molecular flexibility index (Phi) is 8.02. The monoisotopic (exact) mass is 416 g/mol. The highest BCUT2D eigenvalue weighted by Gasteiger charge is 2.31. The predicted molar refractivity (Wildman–Crippen MR) is 113 cm³/mol. The quantitative estimate of drug-likeness (QED) is 0.242. The third kappa shape index (κ3) is 6.46. The minimum absolute atomic E-state index is 0.130. The van der Waals surface area contributed by atoms with Gasteiger partial charge < -0.3 is 9.47 Å². The van der Waals surface area contributed by atoms with E-state index in [1.807, 2.05) is 18.4 Å². The second kappa shape index (κ2) is 10.3. The van der Waals surface area contributed by atoms with Gasteiger partial charge >= 0.3 is 5.97 Å². The van der Waals surface area contributed by atoms with Gasteiger partial charge in [-0.1, -0.05) is 12.1 Å². The summed E-state index contributed by atoms with van der Waals surface area (Å²) >= 11 is 1.61. The molecule has 0 N–H and O–H groups in total. The van der Waals surface area contributed by atoms with E-state index < -0.39 is 17.4 Å². The van der Waals surface area contributed by atoms with Crippen LogP contribution >= 0.6 is 11.8 Å². The molecule has 0 saturated heterocycles. The standard InChI is InChI=1S/C23H25FO4S/c1-5-27-22(26)23(2,3)28-18-12-9-16(20(24)15-18)7-6-8-21(25)17-10-13-19(29-4)14-11-17/h6,8-15H,5,7H2,1-4H3/b8-6+. The van der Waals surface area contributed by atoms with Gasteiger partial charge in [0.2, 0.25) is 0 Å². The number of ether oxygens (including phenoxy) is 2. The molecule has 2 aromatic rings. The number of halogens is 1. The van der Waals surface area contributed by atoms with Crippen LogP contribution in [0, 0.1) is 5.82 Å². The largest absolute Gasteiger partial charge is 0.476 e. The molecule has 0 aromatic heterocycles. The fourth-order valence-corrected chi connectivity index (χ4v) is 2.95. The van der Waals surface area contributed by atoms with Gasteiger partial charge in [0.1, 0.15) is 11.6 Å². The summed E-state index contributed by atoms with van der Waals surface area (Å²) in [6, 6.07) is 11.7. The van der Waals surface area contributed by atoms with Crippen LogP contribution in [0.3, 0.4) is 0 Å². The number of allylic oxidation sites excluding steroid dienone is 2. The molecule has 0 fully saturated rings. The molecule has 4 nitrogen and oxygen atoms in total. The molecule has 0 aliphatic carbocycles. The van der Waals surface area contributed by atoms with Crippen molar-refractivity contribution < 1.29 is 23.5 Å². The summed E-state index contributed by atoms with van der Waals surface area (Å²) in [4.78, 5) is 25.2. The van der Waals surface area contributed by atoms with Crippen LogP contribution in [0.25, 0.3) is 0 Å². The first kappa shape index (κ1) is 22.7. The lowest BCUT2D eigenvalue weighted by molar-refractivity contribution is -0.158. The molecule has 0 aliphatic rings. The summed E-state index contributed by atoms with van der Waals surface area (Å²) < 4.78 is 24.9. The van der Waals surface area contributed by atoms with Gasteiger partial charge in [0.05, 0.1) is 6.61 Å². The summed E-state index contributed by atoms with van der Waals surface area (Å²) in [5.74, 6) is -0.882. The number of ketones is 1. The molecule has 0 unspecified atom stereocenters. The van der Waals surface area contributed by atoms with Crippen molar-refractivity contribution in [3.8, 4) is 5.75 Å². The van der Waals surface area contributed by atoms with E-state index in [2.05, 4.69) is 0 Å². The molecule has 0 bridgehead atoms. The summed E-state index contributed by atoms with van der Waals surface area (Å²) in [6.45, 7) is 5.08. The zero-order valence-electron chi connectivity index (χ0n) is 17.0. The van der Waals surface area contributed by atoms with E-state index >= 15 is 0 Å². The average Bonchev–Trinajstić information content (AvgIpc) is 2.69. The molecule has 0 heterocycles. The topological polar surface area (TPSA) is 52.6 Å². The van der Waals surface area contributed by atoms with Gasteiger partial charge in [-0.25, -0.2) is 9.18 Å². The van der Waals surface area contributed by atoms with E-state index in [1.165, 1.54) is 12.1 Å². The third-order valence-electron chi connectivity index (χ3n) is 4.15. The van der Waals surface area contributed by atoms with E-state index in [9.17, 15) is 14.0 Å². The number of hydrogen-bond donors (Lipinski definition) is 0. The highest BCUT2D eigenvalue weighted by Crippen LogP contribution is 2.23. The number of rotatable bonds is 9. The fraction of sp³-hybridized carbons (Fsp3) is 0.304. The number of esters is 1. The van der Waals surface area contributed by atoms with Gasteiger partial charge in [0.15, 0.2) is 11.4 Å². The molecular weight excluding hydrogens is 391 g/mol. The van der Waals surface area contributed by atoms with E-state index in [-0.39, 0.29) is 24.6 Å². The first-order valence-electron chi connectivity index (χ1n) is 9.26. The van der Waals surface area contributed by atoms with Crippen LogP contribution < -0.4 is 4.74 Å². The van der Waals surface area contributed by atoms with Crippen LogP contribution in [0.15, 0.2) is 59.5 Å². The lowest BCUT2D eigenvalue weighted by Crippen LogP contribution is -2.39. The van der Waals surface area contributed by atoms with Crippen LogP contribution in [0.2, 0.25) is 0 Å². The molecule has 0 aliphatic heterocycles. The van der Waals surface area contributed by atoms with Crippen molar-refractivity contribution in [3.05, 3.63) is 71.6 Å². The van der Waals surface area contributed by atoms with E-state index in [4.69, 9.17) is 9.47 Å². The smallest absolute Gasteiger partial charge is 0.349 e. The molecule has 0 saturated carbocycles. The average molecular weight is 417 g/mol. The van der Waals surface area contributed by atoms with Crippen LogP contribution in [0.5, 0.6) is 5.75 Å². The summed E-state index contributed by atoms with van der Waals surface area (Å²) in [7, 11) is 0. The first-order valence-corrected chi connectivity index (χ1v) is 10.5. The van der Waals surface area contributed by atoms with E-state index in [0.29, 0.717) is 11.1 Å². The third-order valence-corrected chi connectivity index (χ3v) is 4.89. The zero-order chi connectivity index (χ0) is 21.4. The second-order valence-electron chi connectivity index (χ2n) is 6.79. The molecule has 154 valence electrons. The molecule has 0 radical (unpaired) electrons. The van der Waals surface area contributed by atoms with Gasteiger partial charge in [-0.3, -0.25) is 4.79 Å². The van der Waals surface area contributed by atoms with Crippen molar-refractivity contribution in [2.75, 3.05) is 12.9 Å². The maximum absolute atomic E-state index is 14.4. The van der Waals surface area contributed by atoms with Gasteiger partial charge in [0, 0.05) is 16.5 Å². The normalized spacial score (nSPS) is 11.5. The van der Waals surface area contributed by atoms with E-state index in [0.717, 1.165) is 4.90 Å². The molecule has 2 aromatic carbocycles. The highest BCUT2D eigenvalue weighted by atomic mass is 32.2. The number of carbonyl (C=O) groups excluding carboxylic acids is 2. The number of hydrogen-bond acceptors (Lipinski definition) is 5. The van der Waals surface area contributed by atoms with Gasteiger partial charge in [-0.15, -0.1) is 11.8 Å². The molecule has 6 heteroatoms. The van der Waals surface area contributed by atoms with Gasteiger partial charge in [-0.2, -0.15) is 0 Å². The Bertz CT molecular complexity index is 888. The van der Waals surface area contributed by atoms with Crippen LogP contribution in [-0.4, -0.2) is 30.2 Å². The SMILES string of the molecule is CCOC(=O)C(C)(C)Oc1ccc(C/C=C/C(=O)c2ccc(SC)cc2)c(F)c1. The number of thioether (sulfide) groups is 1. The molecule has 0 atom stereocenters. The van der Waals surface area contributed by atoms with Crippen molar-refractivity contribution >= 4 is 23.5 Å². The Morgan fingerprint density at radius 1 is 1.14 bits per heavy atom.